The molecule has 26 heavy (non-hydrogen) atoms. The highest BCUT2D eigenvalue weighted by atomic mass is 127. The molecule has 0 bridgehead atoms. The minimum Gasteiger partial charge on any atom is -0.361 e. The average Bonchev–Trinajstić information content (AvgIpc) is 3.01. The normalized spacial score (nSPS) is 17.6. The second-order valence-corrected chi connectivity index (χ2v) is 8.39. The van der Waals surface area contributed by atoms with Crippen molar-refractivity contribution in [2.75, 3.05) is 44.7 Å². The van der Waals surface area contributed by atoms with E-state index < -0.39 is 9.84 Å². The molecule has 150 valence electrons. The summed E-state index contributed by atoms with van der Waals surface area (Å²) in [5, 5.41) is 10.7. The molecule has 0 aliphatic carbocycles. The first-order chi connectivity index (χ1) is 12.0. The molecule has 1 aromatic heterocycles. The number of halogens is 1. The van der Waals surface area contributed by atoms with Crippen LogP contribution in [0, 0.1) is 0 Å². The molecule has 1 aliphatic heterocycles. The zero-order valence-corrected chi connectivity index (χ0v) is 18.9. The molecule has 2 N–H and O–H groups in total. The molecule has 0 saturated carbocycles. The van der Waals surface area contributed by atoms with Gasteiger partial charge in [-0.15, -0.1) is 24.0 Å². The molecule has 2 rings (SSSR count). The number of rotatable bonds is 7. The zero-order chi connectivity index (χ0) is 18.3. The quantitative estimate of drug-likeness (QED) is 0.326. The van der Waals surface area contributed by atoms with Crippen LogP contribution >= 0.6 is 24.0 Å². The minimum atomic E-state index is -2.82. The summed E-state index contributed by atoms with van der Waals surface area (Å²) in [6.45, 7) is 7.46. The van der Waals surface area contributed by atoms with Crippen LogP contribution in [0.5, 0.6) is 0 Å². The van der Waals surface area contributed by atoms with Crippen molar-refractivity contribution < 1.29 is 12.9 Å². The minimum absolute atomic E-state index is 0. The van der Waals surface area contributed by atoms with Gasteiger partial charge in [0.05, 0.1) is 17.2 Å². The first-order valence-electron chi connectivity index (χ1n) is 8.82. The van der Waals surface area contributed by atoms with Crippen LogP contribution in [-0.4, -0.2) is 69.2 Å². The molecule has 0 unspecified atom stereocenters. The van der Waals surface area contributed by atoms with E-state index in [2.05, 4.69) is 39.5 Å². The molecule has 0 amide bonds. The van der Waals surface area contributed by atoms with Crippen molar-refractivity contribution >= 4 is 39.8 Å². The number of sulfone groups is 1. The third-order valence-electron chi connectivity index (χ3n) is 4.42. The summed E-state index contributed by atoms with van der Waals surface area (Å²) in [4.78, 5) is 6.39. The number of hydrogen-bond donors (Lipinski definition) is 2. The molecule has 2 heterocycles. The Balaban J connectivity index is 0.00000338. The molecule has 0 spiro atoms. The molecule has 1 aliphatic rings. The van der Waals surface area contributed by atoms with Crippen molar-refractivity contribution in [3.63, 3.8) is 0 Å². The highest BCUT2D eigenvalue weighted by Gasteiger charge is 2.21. The van der Waals surface area contributed by atoms with Crippen LogP contribution in [0.15, 0.2) is 9.52 Å². The van der Waals surface area contributed by atoms with Crippen LogP contribution in [0.1, 0.15) is 30.9 Å². The van der Waals surface area contributed by atoms with E-state index in [0.717, 1.165) is 42.4 Å². The van der Waals surface area contributed by atoms with Crippen LogP contribution in [0.2, 0.25) is 0 Å². The van der Waals surface area contributed by atoms with Gasteiger partial charge in [0, 0.05) is 51.8 Å². The fraction of sp³-hybridized carbons (Fsp3) is 0.750. The Kier molecular flexibility index (Phi) is 9.86. The van der Waals surface area contributed by atoms with E-state index >= 15 is 0 Å². The first kappa shape index (κ1) is 23.2. The standard InChI is InChI=1S/C16H29N5O3S.HI/c1-4-14-13(15(5-2)24-20-14)12-19-16(17-3)18-6-7-21-8-10-25(22,23)11-9-21;/h4-12H2,1-3H3,(H2,17,18,19);1H. The molecule has 0 aromatic carbocycles. The summed E-state index contributed by atoms with van der Waals surface area (Å²) in [6, 6.07) is 0. The number of hydrogen-bond acceptors (Lipinski definition) is 6. The van der Waals surface area contributed by atoms with E-state index in [1.165, 1.54) is 0 Å². The lowest BCUT2D eigenvalue weighted by molar-refractivity contribution is 0.299. The van der Waals surface area contributed by atoms with Crippen molar-refractivity contribution in [1.82, 2.24) is 20.7 Å². The molecular formula is C16H30IN5O3S. The molecule has 10 heteroatoms. The lowest BCUT2D eigenvalue weighted by Crippen LogP contribution is -2.45. The lowest BCUT2D eigenvalue weighted by atomic mass is 10.1. The molecular weight excluding hydrogens is 469 g/mol. The first-order valence-corrected chi connectivity index (χ1v) is 10.6. The summed E-state index contributed by atoms with van der Waals surface area (Å²) in [5.41, 5.74) is 2.09. The van der Waals surface area contributed by atoms with Crippen LogP contribution in [-0.2, 0) is 29.2 Å². The zero-order valence-electron chi connectivity index (χ0n) is 15.7. The Hall–Kier alpha value is -0.880. The van der Waals surface area contributed by atoms with Gasteiger partial charge in [-0.2, -0.15) is 0 Å². The number of aliphatic imine (C=N–C) groups is 1. The maximum Gasteiger partial charge on any atom is 0.191 e. The molecule has 1 aromatic rings. The van der Waals surface area contributed by atoms with Gasteiger partial charge in [-0.1, -0.05) is 19.0 Å². The van der Waals surface area contributed by atoms with Gasteiger partial charge in [-0.05, 0) is 6.42 Å². The van der Waals surface area contributed by atoms with E-state index in [1.54, 1.807) is 7.05 Å². The van der Waals surface area contributed by atoms with Crippen molar-refractivity contribution in [3.8, 4) is 0 Å². The summed E-state index contributed by atoms with van der Waals surface area (Å²) in [6.07, 6.45) is 1.65. The average molecular weight is 499 g/mol. The Bertz CT molecular complexity index is 655. The third kappa shape index (κ3) is 6.69. The van der Waals surface area contributed by atoms with Gasteiger partial charge in [0.25, 0.3) is 0 Å². The maximum atomic E-state index is 11.4. The molecule has 1 fully saturated rings. The summed E-state index contributed by atoms with van der Waals surface area (Å²) in [7, 11) is -1.09. The number of nitrogens with one attached hydrogen (secondary N) is 2. The number of aryl methyl sites for hydroxylation is 2. The summed E-state index contributed by atoms with van der Waals surface area (Å²) < 4.78 is 28.3. The van der Waals surface area contributed by atoms with E-state index in [4.69, 9.17) is 4.52 Å². The van der Waals surface area contributed by atoms with Crippen LogP contribution < -0.4 is 10.6 Å². The van der Waals surface area contributed by atoms with E-state index in [1.807, 2.05) is 0 Å². The van der Waals surface area contributed by atoms with Crippen molar-refractivity contribution in [2.45, 2.75) is 33.2 Å². The van der Waals surface area contributed by atoms with Gasteiger partial charge in [0.15, 0.2) is 15.8 Å². The van der Waals surface area contributed by atoms with E-state index in [9.17, 15) is 8.42 Å². The Morgan fingerprint density at radius 2 is 1.92 bits per heavy atom. The summed E-state index contributed by atoms with van der Waals surface area (Å²) in [5.74, 6) is 2.14. The van der Waals surface area contributed by atoms with Crippen molar-refractivity contribution in [3.05, 3.63) is 17.0 Å². The second-order valence-electron chi connectivity index (χ2n) is 6.08. The predicted octanol–water partition coefficient (Wildman–Crippen LogP) is 0.813. The highest BCUT2D eigenvalue weighted by molar-refractivity contribution is 14.0. The van der Waals surface area contributed by atoms with Crippen molar-refractivity contribution in [2.24, 2.45) is 4.99 Å². The van der Waals surface area contributed by atoms with E-state index in [-0.39, 0.29) is 35.5 Å². The molecule has 8 nitrogen and oxygen atoms in total. The predicted molar refractivity (Wildman–Crippen MR) is 114 cm³/mol. The van der Waals surface area contributed by atoms with Crippen LogP contribution in [0.3, 0.4) is 0 Å². The van der Waals surface area contributed by atoms with Gasteiger partial charge in [-0.3, -0.25) is 9.89 Å². The topological polar surface area (TPSA) is 99.8 Å². The fourth-order valence-corrected chi connectivity index (χ4v) is 4.11. The fourth-order valence-electron chi connectivity index (χ4n) is 2.84. The van der Waals surface area contributed by atoms with E-state index in [0.29, 0.717) is 26.2 Å². The Morgan fingerprint density at radius 1 is 1.23 bits per heavy atom. The number of nitrogens with zero attached hydrogens (tertiary/aromatic N) is 3. The van der Waals surface area contributed by atoms with Crippen LogP contribution in [0.4, 0.5) is 0 Å². The maximum absolute atomic E-state index is 11.4. The Labute approximate surface area is 173 Å². The molecule has 1 saturated heterocycles. The molecule has 0 atom stereocenters. The smallest absolute Gasteiger partial charge is 0.191 e. The summed E-state index contributed by atoms with van der Waals surface area (Å²) >= 11 is 0. The van der Waals surface area contributed by atoms with Gasteiger partial charge >= 0.3 is 0 Å². The number of aromatic nitrogens is 1. The SMILES string of the molecule is CCc1noc(CC)c1CNC(=NC)NCCN1CCS(=O)(=O)CC1.I. The lowest BCUT2D eigenvalue weighted by Gasteiger charge is -2.26. The number of guanidine groups is 1. The molecule has 0 radical (unpaired) electrons. The van der Waals surface area contributed by atoms with Gasteiger partial charge < -0.3 is 15.2 Å². The van der Waals surface area contributed by atoms with Gasteiger partial charge in [-0.25, -0.2) is 8.42 Å². The van der Waals surface area contributed by atoms with Gasteiger partial charge in [0.2, 0.25) is 0 Å². The Morgan fingerprint density at radius 3 is 2.50 bits per heavy atom. The van der Waals surface area contributed by atoms with Gasteiger partial charge in [0.1, 0.15) is 5.76 Å². The van der Waals surface area contributed by atoms with Crippen LogP contribution in [0.25, 0.3) is 0 Å². The largest absolute Gasteiger partial charge is 0.361 e. The highest BCUT2D eigenvalue weighted by Crippen LogP contribution is 2.15. The van der Waals surface area contributed by atoms with Crippen molar-refractivity contribution in [1.29, 1.82) is 0 Å². The third-order valence-corrected chi connectivity index (χ3v) is 6.03. The second kappa shape index (κ2) is 11.1. The monoisotopic (exact) mass is 499 g/mol.